The molecule has 110 valence electrons. The lowest BCUT2D eigenvalue weighted by molar-refractivity contribution is -0.959. The molecule has 2 nitrogen and oxygen atoms in total. The van der Waals surface area contributed by atoms with Crippen molar-refractivity contribution in [2.45, 2.75) is 38.8 Å². The molecule has 20 heavy (non-hydrogen) atoms. The van der Waals surface area contributed by atoms with E-state index in [1.165, 1.54) is 44.5 Å². The number of halogens is 1. The standard InChI is InChI=1S/C17H25FN2/c1-2-14-12-20-8-7-15(14)9-17(20)11-19-10-13-3-5-16(18)6-4-13/h3-6,14-15,17,19H,2,7-12H2,1H3/p+2/t14-,15-,17+/m0/s1. The van der Waals surface area contributed by atoms with Crippen molar-refractivity contribution in [2.75, 3.05) is 19.6 Å². The summed E-state index contributed by atoms with van der Waals surface area (Å²) in [5, 5.41) is 2.41. The van der Waals surface area contributed by atoms with E-state index in [1.807, 2.05) is 17.0 Å². The first-order chi connectivity index (χ1) is 9.76. The van der Waals surface area contributed by atoms with E-state index in [1.54, 1.807) is 12.1 Å². The Balaban J connectivity index is 1.47. The van der Waals surface area contributed by atoms with Gasteiger partial charge in [0.15, 0.2) is 0 Å². The van der Waals surface area contributed by atoms with E-state index < -0.39 is 0 Å². The number of benzene rings is 1. The van der Waals surface area contributed by atoms with Crippen LogP contribution in [-0.2, 0) is 6.54 Å². The molecule has 3 N–H and O–H groups in total. The van der Waals surface area contributed by atoms with Crippen molar-refractivity contribution < 1.29 is 14.6 Å². The highest BCUT2D eigenvalue weighted by Crippen LogP contribution is 2.28. The molecule has 0 saturated carbocycles. The van der Waals surface area contributed by atoms with Crippen molar-refractivity contribution in [3.8, 4) is 0 Å². The van der Waals surface area contributed by atoms with E-state index in [2.05, 4.69) is 12.2 Å². The Labute approximate surface area is 121 Å². The van der Waals surface area contributed by atoms with E-state index in [-0.39, 0.29) is 5.82 Å². The van der Waals surface area contributed by atoms with E-state index in [4.69, 9.17) is 0 Å². The Morgan fingerprint density at radius 1 is 1.30 bits per heavy atom. The zero-order valence-corrected chi connectivity index (χ0v) is 12.4. The summed E-state index contributed by atoms with van der Waals surface area (Å²) < 4.78 is 12.9. The van der Waals surface area contributed by atoms with Crippen LogP contribution in [-0.4, -0.2) is 25.7 Å². The van der Waals surface area contributed by atoms with Crippen molar-refractivity contribution in [3.05, 3.63) is 35.6 Å². The summed E-state index contributed by atoms with van der Waals surface area (Å²) in [6.45, 7) is 7.33. The van der Waals surface area contributed by atoms with Gasteiger partial charge in [0.05, 0.1) is 13.1 Å². The molecule has 3 heterocycles. The van der Waals surface area contributed by atoms with Crippen molar-refractivity contribution in [3.63, 3.8) is 0 Å². The van der Waals surface area contributed by atoms with Crippen LogP contribution in [0.25, 0.3) is 0 Å². The SMILES string of the molecule is CC[C@H]1C[NH+]2CC[C@H]1C[C@@H]2C[NH2+]Cc1ccc(F)cc1. The van der Waals surface area contributed by atoms with Gasteiger partial charge in [-0.1, -0.05) is 19.1 Å². The van der Waals surface area contributed by atoms with E-state index in [0.29, 0.717) is 0 Å². The van der Waals surface area contributed by atoms with E-state index in [0.717, 1.165) is 24.4 Å². The average molecular weight is 278 g/mol. The minimum absolute atomic E-state index is 0.139. The van der Waals surface area contributed by atoms with Gasteiger partial charge in [-0.3, -0.25) is 0 Å². The molecule has 3 saturated heterocycles. The number of hydrogen-bond acceptors (Lipinski definition) is 0. The lowest BCUT2D eigenvalue weighted by atomic mass is 9.74. The Bertz CT molecular complexity index is 431. The summed E-state index contributed by atoms with van der Waals surface area (Å²) >= 11 is 0. The Morgan fingerprint density at radius 2 is 2.10 bits per heavy atom. The Hall–Kier alpha value is -0.930. The maximum Gasteiger partial charge on any atom is 0.137 e. The molecule has 1 unspecified atom stereocenters. The predicted molar refractivity (Wildman–Crippen MR) is 77.9 cm³/mol. The molecule has 0 aromatic heterocycles. The molecule has 1 aromatic rings. The van der Waals surface area contributed by atoms with Crippen LogP contribution >= 0.6 is 0 Å². The molecule has 4 rings (SSSR count). The summed E-state index contributed by atoms with van der Waals surface area (Å²) in [5.41, 5.74) is 1.23. The molecule has 4 atom stereocenters. The van der Waals surface area contributed by atoms with Crippen LogP contribution in [0.1, 0.15) is 31.7 Å². The zero-order valence-electron chi connectivity index (χ0n) is 12.4. The smallest absolute Gasteiger partial charge is 0.137 e. The second-order valence-electron chi connectivity index (χ2n) is 6.62. The summed E-state index contributed by atoms with van der Waals surface area (Å²) in [6, 6.07) is 7.77. The molecule has 3 aliphatic heterocycles. The van der Waals surface area contributed by atoms with Crippen LogP contribution in [0.4, 0.5) is 4.39 Å². The molecule has 0 amide bonds. The summed E-state index contributed by atoms with van der Waals surface area (Å²) in [4.78, 5) is 1.84. The van der Waals surface area contributed by atoms with Gasteiger partial charge >= 0.3 is 0 Å². The molecule has 3 aliphatic rings. The normalized spacial score (nSPS) is 32.5. The highest BCUT2D eigenvalue weighted by Gasteiger charge is 2.43. The molecular weight excluding hydrogens is 251 g/mol. The molecule has 3 heteroatoms. The van der Waals surface area contributed by atoms with Gasteiger partial charge in [-0.15, -0.1) is 0 Å². The Kier molecular flexibility index (Phi) is 4.37. The highest BCUT2D eigenvalue weighted by molar-refractivity contribution is 5.14. The van der Waals surface area contributed by atoms with Gasteiger partial charge in [0, 0.05) is 24.3 Å². The minimum atomic E-state index is -0.139. The topological polar surface area (TPSA) is 21.1 Å². The van der Waals surface area contributed by atoms with E-state index >= 15 is 0 Å². The third-order valence-corrected chi connectivity index (χ3v) is 5.46. The molecule has 0 radical (unpaired) electrons. The quantitative estimate of drug-likeness (QED) is 0.787. The first-order valence-corrected chi connectivity index (χ1v) is 8.17. The van der Waals surface area contributed by atoms with Crippen LogP contribution in [0.5, 0.6) is 0 Å². The van der Waals surface area contributed by atoms with Gasteiger partial charge in [-0.2, -0.15) is 0 Å². The third-order valence-electron chi connectivity index (χ3n) is 5.46. The fraction of sp³-hybridized carbons (Fsp3) is 0.647. The third kappa shape index (κ3) is 3.04. The van der Waals surface area contributed by atoms with Gasteiger partial charge in [-0.05, 0) is 24.5 Å². The van der Waals surface area contributed by atoms with Gasteiger partial charge in [-0.25, -0.2) is 4.39 Å². The van der Waals surface area contributed by atoms with Gasteiger partial charge < -0.3 is 10.2 Å². The molecule has 0 spiro atoms. The number of quaternary nitrogens is 2. The van der Waals surface area contributed by atoms with Crippen molar-refractivity contribution in [1.82, 2.24) is 0 Å². The lowest BCUT2D eigenvalue weighted by Gasteiger charge is -2.46. The highest BCUT2D eigenvalue weighted by atomic mass is 19.1. The molecule has 0 aliphatic carbocycles. The number of fused-ring (bicyclic) bond motifs is 3. The number of rotatable bonds is 5. The predicted octanol–water partition coefficient (Wildman–Crippen LogP) is 0.592. The molecule has 1 aromatic carbocycles. The van der Waals surface area contributed by atoms with Gasteiger partial charge in [0.2, 0.25) is 0 Å². The average Bonchev–Trinajstić information content (AvgIpc) is 2.50. The summed E-state index contributed by atoms with van der Waals surface area (Å²) in [7, 11) is 0. The van der Waals surface area contributed by atoms with Crippen LogP contribution in [0, 0.1) is 17.7 Å². The van der Waals surface area contributed by atoms with Crippen LogP contribution in [0.2, 0.25) is 0 Å². The maximum atomic E-state index is 12.9. The van der Waals surface area contributed by atoms with Gasteiger partial charge in [0.1, 0.15) is 24.9 Å². The molecule has 2 bridgehead atoms. The van der Waals surface area contributed by atoms with Crippen LogP contribution < -0.4 is 10.2 Å². The van der Waals surface area contributed by atoms with E-state index in [9.17, 15) is 4.39 Å². The van der Waals surface area contributed by atoms with Crippen molar-refractivity contribution in [1.29, 1.82) is 0 Å². The second kappa shape index (κ2) is 6.23. The lowest BCUT2D eigenvalue weighted by Crippen LogP contribution is -3.21. The number of nitrogens with one attached hydrogen (secondary N) is 1. The summed E-state index contributed by atoms with van der Waals surface area (Å²) in [5.74, 6) is 1.83. The molecule has 3 fully saturated rings. The monoisotopic (exact) mass is 278 g/mol. The van der Waals surface area contributed by atoms with Crippen LogP contribution in [0.3, 0.4) is 0 Å². The first-order valence-electron chi connectivity index (χ1n) is 8.17. The largest absolute Gasteiger partial charge is 0.338 e. The maximum absolute atomic E-state index is 12.9. The number of hydrogen-bond donors (Lipinski definition) is 2. The van der Waals surface area contributed by atoms with Gasteiger partial charge in [0.25, 0.3) is 0 Å². The zero-order chi connectivity index (χ0) is 13.9. The fourth-order valence-electron chi connectivity index (χ4n) is 4.24. The van der Waals surface area contributed by atoms with Crippen molar-refractivity contribution in [2.24, 2.45) is 11.8 Å². The number of nitrogens with two attached hydrogens (primary N) is 1. The molecular formula is C17H27FN2+2. The first kappa shape index (κ1) is 14.0. The fourth-order valence-corrected chi connectivity index (χ4v) is 4.24. The second-order valence-corrected chi connectivity index (χ2v) is 6.62. The van der Waals surface area contributed by atoms with Crippen molar-refractivity contribution >= 4 is 0 Å². The number of piperidine rings is 3. The van der Waals surface area contributed by atoms with Crippen LogP contribution in [0.15, 0.2) is 24.3 Å². The minimum Gasteiger partial charge on any atom is -0.338 e. The summed E-state index contributed by atoms with van der Waals surface area (Å²) in [6.07, 6.45) is 4.23. The Morgan fingerprint density at radius 3 is 2.75 bits per heavy atom.